The van der Waals surface area contributed by atoms with E-state index in [0.29, 0.717) is 29.7 Å². The Morgan fingerprint density at radius 3 is 2.03 bits per heavy atom. The zero-order valence-corrected chi connectivity index (χ0v) is 18.1. The number of carbonyl (C=O) groups excluding carboxylic acids is 1. The Balaban J connectivity index is 1.35. The number of fused-ring (bicyclic) bond motifs is 1. The van der Waals surface area contributed by atoms with Crippen LogP contribution in [0, 0.1) is 10.1 Å². The maximum atomic E-state index is 13.2. The molecule has 166 valence electrons. The highest BCUT2D eigenvalue weighted by Gasteiger charge is 2.29. The topological polar surface area (TPSA) is 82.5 Å². The molecule has 0 aliphatic carbocycles. The van der Waals surface area contributed by atoms with Crippen molar-refractivity contribution in [2.24, 2.45) is 0 Å². The first kappa shape index (κ1) is 20.9. The van der Waals surface area contributed by atoms with Gasteiger partial charge in [0.15, 0.2) is 0 Å². The lowest BCUT2D eigenvalue weighted by Gasteiger charge is -2.39. The summed E-state index contributed by atoms with van der Waals surface area (Å²) >= 11 is 0. The first-order valence-corrected chi connectivity index (χ1v) is 11.0. The highest BCUT2D eigenvalue weighted by Crippen LogP contribution is 2.30. The van der Waals surface area contributed by atoms with Gasteiger partial charge in [-0.15, -0.1) is 0 Å². The van der Waals surface area contributed by atoms with Gasteiger partial charge in [0.05, 0.1) is 11.0 Å². The number of para-hydroxylation sites is 1. The van der Waals surface area contributed by atoms with Gasteiger partial charge in [-0.2, -0.15) is 0 Å². The van der Waals surface area contributed by atoms with Gasteiger partial charge in [-0.3, -0.25) is 19.8 Å². The smallest absolute Gasteiger partial charge is 0.293 e. The summed E-state index contributed by atoms with van der Waals surface area (Å²) in [6, 6.07) is 27.5. The van der Waals surface area contributed by atoms with Crippen LogP contribution in [0.4, 0.5) is 5.69 Å². The van der Waals surface area contributed by atoms with Crippen LogP contribution in [0.3, 0.4) is 0 Å². The number of aromatic amines is 1. The Labute approximate surface area is 191 Å². The van der Waals surface area contributed by atoms with Crippen molar-refractivity contribution in [2.45, 2.75) is 6.04 Å². The molecule has 5 rings (SSSR count). The standard InChI is InChI=1S/C26H24N4O3/c31-26(22-18-21-12-7-13-23(30(32)33)24(21)27-22)29-16-14-28(15-17-29)25(19-8-3-1-4-9-19)20-10-5-2-6-11-20/h1-13,18,25,27H,14-17H2. The molecule has 1 amide bonds. The van der Waals surface area contributed by atoms with Crippen molar-refractivity contribution >= 4 is 22.5 Å². The lowest BCUT2D eigenvalue weighted by Crippen LogP contribution is -2.50. The second-order valence-electron chi connectivity index (χ2n) is 8.23. The number of carbonyl (C=O) groups is 1. The fraction of sp³-hybridized carbons (Fsp3) is 0.192. The van der Waals surface area contributed by atoms with Gasteiger partial charge in [0.1, 0.15) is 11.2 Å². The molecule has 4 aromatic rings. The van der Waals surface area contributed by atoms with Crippen molar-refractivity contribution in [3.8, 4) is 0 Å². The zero-order valence-electron chi connectivity index (χ0n) is 18.1. The monoisotopic (exact) mass is 440 g/mol. The van der Waals surface area contributed by atoms with Crippen molar-refractivity contribution in [3.63, 3.8) is 0 Å². The molecule has 0 radical (unpaired) electrons. The van der Waals surface area contributed by atoms with Gasteiger partial charge in [-0.25, -0.2) is 0 Å². The third-order valence-corrected chi connectivity index (χ3v) is 6.26. The minimum Gasteiger partial charge on any atom is -0.345 e. The van der Waals surface area contributed by atoms with Gasteiger partial charge in [0.2, 0.25) is 0 Å². The molecular weight excluding hydrogens is 416 g/mol. The van der Waals surface area contributed by atoms with E-state index in [1.807, 2.05) is 17.0 Å². The second-order valence-corrected chi connectivity index (χ2v) is 8.23. The molecule has 0 saturated carbocycles. The number of nitro benzene ring substituents is 1. The predicted molar refractivity (Wildman–Crippen MR) is 127 cm³/mol. The minimum atomic E-state index is -0.431. The van der Waals surface area contributed by atoms with Crippen LogP contribution in [0.5, 0.6) is 0 Å². The average molecular weight is 441 g/mol. The number of nitro groups is 1. The van der Waals surface area contributed by atoms with Gasteiger partial charge in [-0.05, 0) is 17.2 Å². The lowest BCUT2D eigenvalue weighted by molar-refractivity contribution is -0.383. The molecule has 33 heavy (non-hydrogen) atoms. The summed E-state index contributed by atoms with van der Waals surface area (Å²) in [5.74, 6) is -0.129. The normalized spacial score (nSPS) is 14.6. The Morgan fingerprint density at radius 1 is 0.848 bits per heavy atom. The number of piperazine rings is 1. The molecule has 1 N–H and O–H groups in total. The van der Waals surface area contributed by atoms with E-state index in [0.717, 1.165) is 13.1 Å². The Kier molecular flexibility index (Phi) is 5.62. The van der Waals surface area contributed by atoms with Gasteiger partial charge in [0, 0.05) is 37.6 Å². The van der Waals surface area contributed by atoms with Crippen molar-refractivity contribution < 1.29 is 9.72 Å². The highest BCUT2D eigenvalue weighted by molar-refractivity contribution is 6.00. The third kappa shape index (κ3) is 4.10. The van der Waals surface area contributed by atoms with Gasteiger partial charge < -0.3 is 9.88 Å². The van der Waals surface area contributed by atoms with Crippen LogP contribution in [0.25, 0.3) is 10.9 Å². The Morgan fingerprint density at radius 2 is 1.45 bits per heavy atom. The first-order chi connectivity index (χ1) is 16.1. The summed E-state index contributed by atoms with van der Waals surface area (Å²) in [5, 5.41) is 12.0. The van der Waals surface area contributed by atoms with Gasteiger partial charge in [-0.1, -0.05) is 72.8 Å². The largest absolute Gasteiger partial charge is 0.345 e. The number of non-ortho nitro benzene ring substituents is 1. The number of hydrogen-bond donors (Lipinski definition) is 1. The van der Waals surface area contributed by atoms with E-state index in [2.05, 4.69) is 58.4 Å². The molecular formula is C26H24N4O3. The fourth-order valence-corrected chi connectivity index (χ4v) is 4.65. The van der Waals surface area contributed by atoms with Crippen LogP contribution >= 0.6 is 0 Å². The van der Waals surface area contributed by atoms with Crippen molar-refractivity contribution in [2.75, 3.05) is 26.2 Å². The molecule has 0 atom stereocenters. The van der Waals surface area contributed by atoms with E-state index in [1.54, 1.807) is 18.2 Å². The first-order valence-electron chi connectivity index (χ1n) is 11.0. The molecule has 1 fully saturated rings. The summed E-state index contributed by atoms with van der Waals surface area (Å²) in [4.78, 5) is 31.3. The zero-order chi connectivity index (χ0) is 22.8. The van der Waals surface area contributed by atoms with Crippen LogP contribution in [-0.4, -0.2) is 51.8 Å². The van der Waals surface area contributed by atoms with E-state index in [4.69, 9.17) is 0 Å². The van der Waals surface area contributed by atoms with Crippen molar-refractivity contribution in [1.82, 2.24) is 14.8 Å². The summed E-state index contributed by atoms with van der Waals surface area (Å²) in [5.41, 5.74) is 3.20. The SMILES string of the molecule is O=C(c1cc2cccc([N+](=O)[O-])c2[nH]1)N1CCN(C(c2ccccc2)c2ccccc2)CC1. The number of hydrogen-bond acceptors (Lipinski definition) is 4. The Bertz CT molecular complexity index is 1240. The summed E-state index contributed by atoms with van der Waals surface area (Å²) in [6.07, 6.45) is 0. The van der Waals surface area contributed by atoms with E-state index in [-0.39, 0.29) is 17.6 Å². The maximum Gasteiger partial charge on any atom is 0.293 e. The van der Waals surface area contributed by atoms with Gasteiger partial charge >= 0.3 is 0 Å². The number of H-pyrrole nitrogens is 1. The van der Waals surface area contributed by atoms with E-state index < -0.39 is 4.92 Å². The highest BCUT2D eigenvalue weighted by atomic mass is 16.6. The summed E-state index contributed by atoms with van der Waals surface area (Å²) in [7, 11) is 0. The lowest BCUT2D eigenvalue weighted by atomic mass is 9.96. The molecule has 7 nitrogen and oxygen atoms in total. The molecule has 1 aliphatic heterocycles. The molecule has 3 aromatic carbocycles. The Hall–Kier alpha value is -3.97. The summed E-state index contributed by atoms with van der Waals surface area (Å²) < 4.78 is 0. The van der Waals surface area contributed by atoms with E-state index in [1.165, 1.54) is 17.2 Å². The summed E-state index contributed by atoms with van der Waals surface area (Å²) in [6.45, 7) is 2.65. The average Bonchev–Trinajstić information content (AvgIpc) is 3.30. The third-order valence-electron chi connectivity index (χ3n) is 6.26. The minimum absolute atomic E-state index is 0.0232. The van der Waals surface area contributed by atoms with Crippen LogP contribution in [0.1, 0.15) is 27.7 Å². The van der Waals surface area contributed by atoms with Crippen LogP contribution in [-0.2, 0) is 0 Å². The van der Waals surface area contributed by atoms with E-state index >= 15 is 0 Å². The fourth-order valence-electron chi connectivity index (χ4n) is 4.65. The molecule has 0 spiro atoms. The van der Waals surface area contributed by atoms with Crippen molar-refractivity contribution in [1.29, 1.82) is 0 Å². The number of benzene rings is 3. The van der Waals surface area contributed by atoms with Crippen LogP contribution in [0.15, 0.2) is 84.9 Å². The van der Waals surface area contributed by atoms with Gasteiger partial charge in [0.25, 0.3) is 11.6 Å². The molecule has 0 unspecified atom stereocenters. The van der Waals surface area contributed by atoms with Crippen molar-refractivity contribution in [3.05, 3.63) is 112 Å². The molecule has 1 saturated heterocycles. The molecule has 0 bridgehead atoms. The number of aromatic nitrogens is 1. The van der Waals surface area contributed by atoms with Crippen LogP contribution in [0.2, 0.25) is 0 Å². The molecule has 1 aliphatic rings. The second kappa shape index (κ2) is 8.88. The number of rotatable bonds is 5. The van der Waals surface area contributed by atoms with Crippen LogP contribution < -0.4 is 0 Å². The molecule has 2 heterocycles. The maximum absolute atomic E-state index is 13.2. The number of nitrogens with zero attached hydrogens (tertiary/aromatic N) is 3. The molecule has 1 aromatic heterocycles. The molecule has 7 heteroatoms. The predicted octanol–water partition coefficient (Wildman–Crippen LogP) is 4.62. The quantitative estimate of drug-likeness (QED) is 0.363. The number of nitrogens with one attached hydrogen (secondary N) is 1. The number of amides is 1. The van der Waals surface area contributed by atoms with E-state index in [9.17, 15) is 14.9 Å².